The van der Waals surface area contributed by atoms with Gasteiger partial charge in [-0.05, 0) is 22.3 Å². The van der Waals surface area contributed by atoms with E-state index in [0.29, 0.717) is 5.56 Å². The number of nitro benzene ring substituents is 1. The Labute approximate surface area is 247 Å². The van der Waals surface area contributed by atoms with Gasteiger partial charge in [0.25, 0.3) is 5.69 Å². The second-order valence-electron chi connectivity index (χ2n) is 9.90. The zero-order valence-electron chi connectivity index (χ0n) is 23.6. The number of hydrogen-bond donors (Lipinski definition) is 1. The molecule has 4 rings (SSSR count). The number of rotatable bonds is 10. The number of ether oxygens (including phenoxy) is 3. The van der Waals surface area contributed by atoms with E-state index in [4.69, 9.17) is 14.2 Å². The van der Waals surface area contributed by atoms with Crippen LogP contribution in [0, 0.1) is 10.1 Å². The van der Waals surface area contributed by atoms with Gasteiger partial charge in [0, 0.05) is 24.5 Å². The third kappa shape index (κ3) is 7.53. The number of methoxy groups -OCH3 is 2. The summed E-state index contributed by atoms with van der Waals surface area (Å²) in [5.41, 5.74) is 2.64. The van der Waals surface area contributed by atoms with E-state index >= 15 is 0 Å². The van der Waals surface area contributed by atoms with Crippen molar-refractivity contribution >= 4 is 29.6 Å². The van der Waals surface area contributed by atoms with Gasteiger partial charge in [-0.3, -0.25) is 24.6 Å². The standard InChI is InChI=1S/C31H31N3O9/c1-41-27(35)17-25(21-12-14-24(15-13-21)34(39)40)28(30(37)42-2)32-29(36)26-16-22-10-6-7-11-23(22)18-33(26)31(38)43-19-20-8-4-3-5-9-20/h3-15,25-26,28H,16-19H2,1-2H3,(H,32,36)/t25-,26+,28+/m1/s1. The molecule has 0 fully saturated rings. The molecule has 1 aliphatic rings. The van der Waals surface area contributed by atoms with Crippen molar-refractivity contribution in [3.63, 3.8) is 0 Å². The van der Waals surface area contributed by atoms with Crippen LogP contribution in [0.5, 0.6) is 0 Å². The topological polar surface area (TPSA) is 154 Å². The van der Waals surface area contributed by atoms with Crippen LogP contribution in [0.3, 0.4) is 0 Å². The lowest BCUT2D eigenvalue weighted by Gasteiger charge is -2.36. The van der Waals surface area contributed by atoms with E-state index in [1.54, 1.807) is 0 Å². The van der Waals surface area contributed by atoms with Crippen LogP contribution in [0.2, 0.25) is 0 Å². The number of carbonyl (C=O) groups is 4. The highest BCUT2D eigenvalue weighted by Gasteiger charge is 2.40. The molecule has 1 heterocycles. The van der Waals surface area contributed by atoms with Gasteiger partial charge in [0.05, 0.1) is 32.1 Å². The highest BCUT2D eigenvalue weighted by atomic mass is 16.6. The molecule has 3 atom stereocenters. The predicted octanol–water partition coefficient (Wildman–Crippen LogP) is 3.66. The molecule has 3 aromatic rings. The first kappa shape index (κ1) is 30.7. The van der Waals surface area contributed by atoms with Gasteiger partial charge in [-0.15, -0.1) is 0 Å². The first-order chi connectivity index (χ1) is 20.7. The Morgan fingerprint density at radius 3 is 2.21 bits per heavy atom. The maximum absolute atomic E-state index is 13.9. The van der Waals surface area contributed by atoms with E-state index in [1.807, 2.05) is 54.6 Å². The molecule has 0 saturated heterocycles. The summed E-state index contributed by atoms with van der Waals surface area (Å²) in [5, 5.41) is 13.9. The van der Waals surface area contributed by atoms with E-state index in [0.717, 1.165) is 23.8 Å². The van der Waals surface area contributed by atoms with Crippen LogP contribution in [-0.2, 0) is 48.2 Å². The number of carbonyl (C=O) groups excluding carboxylic acids is 4. The number of non-ortho nitro benzene ring substituents is 1. The second kappa shape index (κ2) is 14.1. The summed E-state index contributed by atoms with van der Waals surface area (Å²) in [7, 11) is 2.32. The Hall–Kier alpha value is -5.26. The lowest BCUT2D eigenvalue weighted by atomic mass is 9.87. The molecule has 0 bridgehead atoms. The van der Waals surface area contributed by atoms with Gasteiger partial charge >= 0.3 is 18.0 Å². The number of benzene rings is 3. The number of nitrogens with zero attached hydrogens (tertiary/aromatic N) is 2. The third-order valence-electron chi connectivity index (χ3n) is 7.29. The van der Waals surface area contributed by atoms with Crippen molar-refractivity contribution in [1.29, 1.82) is 0 Å². The molecule has 0 unspecified atom stereocenters. The van der Waals surface area contributed by atoms with Crippen LogP contribution in [0.4, 0.5) is 10.5 Å². The quantitative estimate of drug-likeness (QED) is 0.161. The van der Waals surface area contributed by atoms with E-state index in [-0.39, 0.29) is 31.7 Å². The van der Waals surface area contributed by atoms with Crippen molar-refractivity contribution in [2.45, 2.75) is 44.0 Å². The van der Waals surface area contributed by atoms with Crippen LogP contribution in [0.15, 0.2) is 78.9 Å². The molecular weight excluding hydrogens is 558 g/mol. The number of fused-ring (bicyclic) bond motifs is 1. The number of amides is 2. The zero-order chi connectivity index (χ0) is 30.9. The normalized spacial score (nSPS) is 15.3. The third-order valence-corrected chi connectivity index (χ3v) is 7.29. The monoisotopic (exact) mass is 589 g/mol. The van der Waals surface area contributed by atoms with Gasteiger partial charge in [0.2, 0.25) is 5.91 Å². The number of nitro groups is 1. The summed E-state index contributed by atoms with van der Waals surface area (Å²) in [5.74, 6) is -3.20. The molecule has 0 spiro atoms. The Bertz CT molecular complexity index is 1480. The van der Waals surface area contributed by atoms with Gasteiger partial charge in [-0.25, -0.2) is 9.59 Å². The summed E-state index contributed by atoms with van der Waals surface area (Å²) in [6, 6.07) is 19.3. The van der Waals surface area contributed by atoms with Crippen molar-refractivity contribution in [3.05, 3.63) is 111 Å². The molecule has 12 nitrogen and oxygen atoms in total. The van der Waals surface area contributed by atoms with Crippen molar-refractivity contribution in [2.75, 3.05) is 14.2 Å². The van der Waals surface area contributed by atoms with Crippen molar-refractivity contribution < 1.29 is 38.3 Å². The minimum Gasteiger partial charge on any atom is -0.469 e. The Balaban J connectivity index is 1.63. The maximum Gasteiger partial charge on any atom is 0.411 e. The fourth-order valence-corrected chi connectivity index (χ4v) is 4.99. The summed E-state index contributed by atoms with van der Waals surface area (Å²) in [6.07, 6.45) is -0.908. The molecule has 1 aliphatic heterocycles. The Morgan fingerprint density at radius 2 is 1.58 bits per heavy atom. The van der Waals surface area contributed by atoms with Crippen molar-refractivity contribution in [3.8, 4) is 0 Å². The lowest BCUT2D eigenvalue weighted by molar-refractivity contribution is -0.384. The summed E-state index contributed by atoms with van der Waals surface area (Å²) in [4.78, 5) is 64.5. The molecule has 224 valence electrons. The van der Waals surface area contributed by atoms with Crippen LogP contribution >= 0.6 is 0 Å². The van der Waals surface area contributed by atoms with Gasteiger partial charge in [-0.1, -0.05) is 66.7 Å². The molecule has 0 aliphatic carbocycles. The summed E-state index contributed by atoms with van der Waals surface area (Å²) in [6.45, 7) is 0.0943. The van der Waals surface area contributed by atoms with Crippen LogP contribution in [0.25, 0.3) is 0 Å². The van der Waals surface area contributed by atoms with Gasteiger partial charge in [0.15, 0.2) is 0 Å². The van der Waals surface area contributed by atoms with E-state index in [1.165, 1.54) is 36.3 Å². The maximum atomic E-state index is 13.9. The average Bonchev–Trinajstić information content (AvgIpc) is 3.04. The SMILES string of the molecule is COC(=O)C[C@H](c1ccc([N+](=O)[O-])cc1)[C@H](NC(=O)[C@@H]1Cc2ccccc2CN1C(=O)OCc1ccccc1)C(=O)OC. The minimum atomic E-state index is -1.39. The molecule has 0 radical (unpaired) electrons. The first-order valence-electron chi connectivity index (χ1n) is 13.4. The smallest absolute Gasteiger partial charge is 0.411 e. The lowest BCUT2D eigenvalue weighted by Crippen LogP contribution is -2.57. The first-order valence-corrected chi connectivity index (χ1v) is 13.4. The number of esters is 2. The van der Waals surface area contributed by atoms with Crippen molar-refractivity contribution in [1.82, 2.24) is 10.2 Å². The van der Waals surface area contributed by atoms with Gasteiger partial charge in [0.1, 0.15) is 18.7 Å². The van der Waals surface area contributed by atoms with Crippen LogP contribution in [0.1, 0.15) is 34.6 Å². The highest BCUT2D eigenvalue weighted by Crippen LogP contribution is 2.29. The largest absolute Gasteiger partial charge is 0.469 e. The average molecular weight is 590 g/mol. The van der Waals surface area contributed by atoms with Gasteiger partial charge in [-0.2, -0.15) is 0 Å². The number of hydrogen-bond acceptors (Lipinski definition) is 9. The summed E-state index contributed by atoms with van der Waals surface area (Å²) < 4.78 is 15.3. The second-order valence-corrected chi connectivity index (χ2v) is 9.90. The molecule has 0 aromatic heterocycles. The molecule has 2 amide bonds. The van der Waals surface area contributed by atoms with E-state index in [9.17, 15) is 29.3 Å². The molecule has 1 N–H and O–H groups in total. The predicted molar refractivity (Wildman–Crippen MR) is 153 cm³/mol. The molecule has 0 saturated carbocycles. The minimum absolute atomic E-state index is 0.00169. The fourth-order valence-electron chi connectivity index (χ4n) is 4.99. The van der Waals surface area contributed by atoms with Crippen molar-refractivity contribution in [2.24, 2.45) is 0 Å². The highest BCUT2D eigenvalue weighted by molar-refractivity contribution is 5.91. The molecule has 3 aromatic carbocycles. The van der Waals surface area contributed by atoms with Crippen LogP contribution < -0.4 is 5.32 Å². The van der Waals surface area contributed by atoms with E-state index in [2.05, 4.69) is 5.32 Å². The Kier molecular flexibility index (Phi) is 10.0. The Morgan fingerprint density at radius 1 is 0.930 bits per heavy atom. The van der Waals surface area contributed by atoms with E-state index < -0.39 is 46.9 Å². The fraction of sp³-hybridized carbons (Fsp3) is 0.290. The molecule has 43 heavy (non-hydrogen) atoms. The van der Waals surface area contributed by atoms with Gasteiger partial charge < -0.3 is 19.5 Å². The summed E-state index contributed by atoms with van der Waals surface area (Å²) >= 11 is 0. The number of nitrogens with one attached hydrogen (secondary N) is 1. The molecular formula is C31H31N3O9. The van der Waals surface area contributed by atoms with Crippen LogP contribution in [-0.4, -0.2) is 60.1 Å². The molecule has 12 heteroatoms. The zero-order valence-corrected chi connectivity index (χ0v) is 23.6.